The number of fused-ring (bicyclic) bond motifs is 1. The highest BCUT2D eigenvalue weighted by atomic mass is 79.9. The van der Waals surface area contributed by atoms with Crippen LogP contribution < -0.4 is 0 Å². The Bertz CT molecular complexity index is 758. The van der Waals surface area contributed by atoms with Crippen molar-refractivity contribution in [3.63, 3.8) is 0 Å². The maximum Gasteiger partial charge on any atom is 0.192 e. The van der Waals surface area contributed by atoms with Gasteiger partial charge in [0, 0.05) is 29.0 Å². The van der Waals surface area contributed by atoms with Gasteiger partial charge in [0.15, 0.2) is 8.32 Å². The molecule has 0 unspecified atom stereocenters. The second-order valence-electron chi connectivity index (χ2n) is 8.85. The van der Waals surface area contributed by atoms with Gasteiger partial charge in [0.2, 0.25) is 0 Å². The molecular weight excluding hydrogens is 394 g/mol. The van der Waals surface area contributed by atoms with Gasteiger partial charge in [0.05, 0.1) is 5.39 Å². The van der Waals surface area contributed by atoms with E-state index >= 15 is 0 Å². The summed E-state index contributed by atoms with van der Waals surface area (Å²) in [5.41, 5.74) is 1.05. The van der Waals surface area contributed by atoms with Gasteiger partial charge >= 0.3 is 0 Å². The molecular formula is C19H30BrN3OSi. The van der Waals surface area contributed by atoms with Crippen LogP contribution in [-0.4, -0.2) is 29.0 Å². The molecule has 6 heteroatoms. The highest BCUT2D eigenvalue weighted by Crippen LogP contribution is 2.41. The van der Waals surface area contributed by atoms with Crippen LogP contribution in [0, 0.1) is 6.92 Å². The maximum atomic E-state index is 6.63. The zero-order valence-electron chi connectivity index (χ0n) is 16.3. The highest BCUT2D eigenvalue weighted by Gasteiger charge is 2.40. The lowest BCUT2D eigenvalue weighted by Gasteiger charge is -2.41. The molecule has 2 heterocycles. The van der Waals surface area contributed by atoms with Crippen LogP contribution in [0.15, 0.2) is 16.9 Å². The summed E-state index contributed by atoms with van der Waals surface area (Å²) < 4.78 is 10.1. The summed E-state index contributed by atoms with van der Waals surface area (Å²) in [7, 11) is -1.68. The second kappa shape index (κ2) is 6.78. The van der Waals surface area contributed by atoms with Crippen molar-refractivity contribution < 1.29 is 4.43 Å². The van der Waals surface area contributed by atoms with Gasteiger partial charge in [-0.3, -0.25) is 0 Å². The van der Waals surface area contributed by atoms with Crippen molar-refractivity contribution in [2.75, 3.05) is 0 Å². The largest absolute Gasteiger partial charge is 0.414 e. The Morgan fingerprint density at radius 3 is 2.44 bits per heavy atom. The first kappa shape index (κ1) is 19.0. The third kappa shape index (κ3) is 3.86. The molecule has 0 N–H and O–H groups in total. The maximum absolute atomic E-state index is 6.63. The molecule has 0 spiro atoms. The predicted molar refractivity (Wildman–Crippen MR) is 110 cm³/mol. The molecule has 2 aromatic rings. The monoisotopic (exact) mass is 423 g/mol. The average Bonchev–Trinajstić information content (AvgIpc) is 2.83. The quantitative estimate of drug-likeness (QED) is 0.567. The zero-order chi connectivity index (χ0) is 18.4. The number of aryl methyl sites for hydroxylation is 1. The fourth-order valence-corrected chi connectivity index (χ4v) is 5.31. The summed E-state index contributed by atoms with van der Waals surface area (Å²) in [5.74, 6) is 0.828. The Morgan fingerprint density at radius 1 is 1.20 bits per heavy atom. The fraction of sp³-hybridized carbons (Fsp3) is 0.684. The molecule has 0 amide bonds. The Balaban J connectivity index is 1.72. The summed E-state index contributed by atoms with van der Waals surface area (Å²) in [6.45, 7) is 13.6. The molecule has 0 aromatic carbocycles. The lowest BCUT2D eigenvalue weighted by atomic mass is 9.93. The second-order valence-corrected chi connectivity index (χ2v) is 14.5. The highest BCUT2D eigenvalue weighted by molar-refractivity contribution is 9.10. The van der Waals surface area contributed by atoms with E-state index in [9.17, 15) is 0 Å². The van der Waals surface area contributed by atoms with Crippen molar-refractivity contribution >= 4 is 35.3 Å². The molecule has 0 saturated heterocycles. The SMILES string of the molecule is Cc1ncc2c(Br)cn(C3CCC(O[Si](C)(C)C(C)(C)C)CC3)c2n1. The van der Waals surface area contributed by atoms with Gasteiger partial charge in [-0.2, -0.15) is 0 Å². The van der Waals surface area contributed by atoms with Crippen molar-refractivity contribution in [3.05, 3.63) is 22.7 Å². The number of hydrogen-bond donors (Lipinski definition) is 0. The van der Waals surface area contributed by atoms with Crippen LogP contribution in [0.3, 0.4) is 0 Å². The van der Waals surface area contributed by atoms with Crippen molar-refractivity contribution in [2.24, 2.45) is 0 Å². The van der Waals surface area contributed by atoms with Crippen LogP contribution in [0.1, 0.15) is 58.3 Å². The van der Waals surface area contributed by atoms with E-state index in [1.807, 2.05) is 13.1 Å². The van der Waals surface area contributed by atoms with Crippen LogP contribution in [-0.2, 0) is 4.43 Å². The fourth-order valence-electron chi connectivity index (χ4n) is 3.39. The van der Waals surface area contributed by atoms with E-state index < -0.39 is 8.32 Å². The Labute approximate surface area is 160 Å². The molecule has 1 aliphatic rings. The van der Waals surface area contributed by atoms with E-state index in [1.54, 1.807) is 0 Å². The van der Waals surface area contributed by atoms with Crippen LogP contribution in [0.4, 0.5) is 0 Å². The molecule has 0 bridgehead atoms. The van der Waals surface area contributed by atoms with E-state index in [0.29, 0.717) is 12.1 Å². The molecule has 4 nitrogen and oxygen atoms in total. The van der Waals surface area contributed by atoms with Gasteiger partial charge in [0.25, 0.3) is 0 Å². The minimum absolute atomic E-state index is 0.278. The minimum atomic E-state index is -1.68. The third-order valence-corrected chi connectivity index (χ3v) is 11.1. The van der Waals surface area contributed by atoms with E-state index in [4.69, 9.17) is 4.43 Å². The Hall–Kier alpha value is -0.723. The lowest BCUT2D eigenvalue weighted by Crippen LogP contribution is -2.44. The summed E-state index contributed by atoms with van der Waals surface area (Å²) in [5, 5.41) is 1.38. The molecule has 0 atom stereocenters. The molecule has 1 fully saturated rings. The van der Waals surface area contributed by atoms with Gasteiger partial charge in [-0.1, -0.05) is 20.8 Å². The topological polar surface area (TPSA) is 39.9 Å². The summed E-state index contributed by atoms with van der Waals surface area (Å²) >= 11 is 3.66. The summed E-state index contributed by atoms with van der Waals surface area (Å²) in [6, 6.07) is 0.502. The molecule has 25 heavy (non-hydrogen) atoms. The van der Waals surface area contributed by atoms with Crippen molar-refractivity contribution in [1.29, 1.82) is 0 Å². The first-order valence-electron chi connectivity index (χ1n) is 9.26. The molecule has 0 aliphatic heterocycles. The predicted octanol–water partition coefficient (Wildman–Crippen LogP) is 6.01. The first-order valence-corrected chi connectivity index (χ1v) is 13.0. The van der Waals surface area contributed by atoms with Gasteiger partial charge in [-0.05, 0) is 66.7 Å². The van der Waals surface area contributed by atoms with Gasteiger partial charge in [0.1, 0.15) is 11.5 Å². The molecule has 138 valence electrons. The minimum Gasteiger partial charge on any atom is -0.414 e. The zero-order valence-corrected chi connectivity index (χ0v) is 18.9. The number of aromatic nitrogens is 3. The van der Waals surface area contributed by atoms with Crippen LogP contribution >= 0.6 is 15.9 Å². The third-order valence-electron chi connectivity index (χ3n) is 5.95. The first-order chi connectivity index (χ1) is 11.6. The van der Waals surface area contributed by atoms with Crippen molar-refractivity contribution in [2.45, 2.75) is 83.7 Å². The van der Waals surface area contributed by atoms with Crippen LogP contribution in [0.25, 0.3) is 11.0 Å². The molecule has 1 saturated carbocycles. The molecule has 3 rings (SSSR count). The summed E-state index contributed by atoms with van der Waals surface area (Å²) in [4.78, 5) is 9.01. The van der Waals surface area contributed by atoms with Gasteiger partial charge in [-0.15, -0.1) is 0 Å². The molecule has 2 aromatic heterocycles. The van der Waals surface area contributed by atoms with E-state index in [1.165, 1.54) is 0 Å². The molecule has 1 aliphatic carbocycles. The van der Waals surface area contributed by atoms with E-state index in [0.717, 1.165) is 47.0 Å². The smallest absolute Gasteiger partial charge is 0.192 e. The Morgan fingerprint density at radius 2 is 1.84 bits per heavy atom. The number of hydrogen-bond acceptors (Lipinski definition) is 3. The van der Waals surface area contributed by atoms with Crippen LogP contribution in [0.5, 0.6) is 0 Å². The standard InChI is InChI=1S/C19H30BrN3OSi/c1-13-21-11-16-17(20)12-23(18(16)22-13)14-7-9-15(10-8-14)24-25(5,6)19(2,3)4/h11-12,14-15H,7-10H2,1-6H3. The summed E-state index contributed by atoms with van der Waals surface area (Å²) in [6.07, 6.45) is 9.09. The van der Waals surface area contributed by atoms with E-state index in [2.05, 4.69) is 70.5 Å². The normalized spacial score (nSPS) is 22.5. The molecule has 0 radical (unpaired) electrons. The number of rotatable bonds is 3. The number of halogens is 1. The van der Waals surface area contributed by atoms with Gasteiger partial charge in [-0.25, -0.2) is 9.97 Å². The van der Waals surface area contributed by atoms with Crippen molar-refractivity contribution in [1.82, 2.24) is 14.5 Å². The van der Waals surface area contributed by atoms with E-state index in [-0.39, 0.29) is 5.04 Å². The number of nitrogens with zero attached hydrogens (tertiary/aromatic N) is 3. The van der Waals surface area contributed by atoms with Crippen LogP contribution in [0.2, 0.25) is 18.1 Å². The average molecular weight is 424 g/mol. The van der Waals surface area contributed by atoms with Crippen molar-refractivity contribution in [3.8, 4) is 0 Å². The Kier molecular flexibility index (Phi) is 5.17. The van der Waals surface area contributed by atoms with Gasteiger partial charge < -0.3 is 8.99 Å². The lowest BCUT2D eigenvalue weighted by molar-refractivity contribution is 0.119.